The van der Waals surface area contributed by atoms with Gasteiger partial charge in [-0.1, -0.05) is 30.3 Å². The lowest BCUT2D eigenvalue weighted by molar-refractivity contribution is -0.144. The maximum Gasteiger partial charge on any atom is 0.238 e. The molecular weight excluding hydrogens is 264 g/mol. The van der Waals surface area contributed by atoms with Crippen LogP contribution < -0.4 is 5.32 Å². The van der Waals surface area contributed by atoms with E-state index in [9.17, 15) is 9.59 Å². The van der Waals surface area contributed by atoms with Gasteiger partial charge in [0.2, 0.25) is 11.8 Å². The van der Waals surface area contributed by atoms with Gasteiger partial charge in [-0.15, -0.1) is 0 Å². The smallest absolute Gasteiger partial charge is 0.238 e. The van der Waals surface area contributed by atoms with Crippen LogP contribution in [0, 0.1) is 5.41 Å². The van der Waals surface area contributed by atoms with Gasteiger partial charge < -0.3 is 10.2 Å². The summed E-state index contributed by atoms with van der Waals surface area (Å²) in [5.74, 6) is -0.152. The molecule has 1 aromatic carbocycles. The molecule has 0 heterocycles. The second kappa shape index (κ2) is 6.29. The second-order valence-corrected chi connectivity index (χ2v) is 5.67. The number of carbonyl (C=O) groups excluding carboxylic acids is 2. The zero-order chi connectivity index (χ0) is 15.5. The molecule has 2 rings (SSSR count). The fourth-order valence-electron chi connectivity index (χ4n) is 2.64. The lowest BCUT2D eigenvalue weighted by Crippen LogP contribution is -2.45. The highest BCUT2D eigenvalue weighted by Crippen LogP contribution is 2.47. The number of carbonyl (C=O) groups is 2. The molecule has 4 nitrogen and oxygen atoms in total. The van der Waals surface area contributed by atoms with Crippen LogP contribution in [-0.4, -0.2) is 29.8 Å². The number of amides is 2. The van der Waals surface area contributed by atoms with Crippen LogP contribution in [0.25, 0.3) is 0 Å². The van der Waals surface area contributed by atoms with E-state index in [-0.39, 0.29) is 17.9 Å². The topological polar surface area (TPSA) is 49.4 Å². The Hall–Kier alpha value is -1.84. The van der Waals surface area contributed by atoms with Gasteiger partial charge in [-0.2, -0.15) is 0 Å². The molecule has 1 atom stereocenters. The van der Waals surface area contributed by atoms with E-state index in [4.69, 9.17) is 0 Å². The van der Waals surface area contributed by atoms with Gasteiger partial charge in [-0.3, -0.25) is 9.59 Å². The van der Waals surface area contributed by atoms with Gasteiger partial charge in [0.05, 0.1) is 6.04 Å². The van der Waals surface area contributed by atoms with Crippen LogP contribution in [0.4, 0.5) is 0 Å². The van der Waals surface area contributed by atoms with Crippen molar-refractivity contribution in [3.63, 3.8) is 0 Å². The molecule has 1 aliphatic rings. The maximum atomic E-state index is 12.5. The van der Waals surface area contributed by atoms with E-state index >= 15 is 0 Å². The van der Waals surface area contributed by atoms with Crippen molar-refractivity contribution < 1.29 is 9.59 Å². The van der Waals surface area contributed by atoms with Gasteiger partial charge in [-0.25, -0.2) is 0 Å². The van der Waals surface area contributed by atoms with Crippen molar-refractivity contribution in [3.05, 3.63) is 35.9 Å². The summed E-state index contributed by atoms with van der Waals surface area (Å²) in [7, 11) is 0. The Balaban J connectivity index is 2.05. The molecule has 1 aliphatic carbocycles. The van der Waals surface area contributed by atoms with Crippen molar-refractivity contribution in [3.8, 4) is 0 Å². The first-order valence-electron chi connectivity index (χ1n) is 7.70. The van der Waals surface area contributed by atoms with E-state index < -0.39 is 5.41 Å². The van der Waals surface area contributed by atoms with Crippen LogP contribution in [0.5, 0.6) is 0 Å². The fraction of sp³-hybridized carbons (Fsp3) is 0.529. The van der Waals surface area contributed by atoms with Crippen molar-refractivity contribution in [1.82, 2.24) is 10.2 Å². The quantitative estimate of drug-likeness (QED) is 0.818. The number of hydrogen-bond donors (Lipinski definition) is 1. The fourth-order valence-corrected chi connectivity index (χ4v) is 2.64. The van der Waals surface area contributed by atoms with E-state index in [1.54, 1.807) is 4.90 Å². The minimum atomic E-state index is -0.810. The molecule has 0 radical (unpaired) electrons. The Morgan fingerprint density at radius 2 is 1.76 bits per heavy atom. The molecule has 2 amide bonds. The minimum Gasteiger partial charge on any atom is -0.349 e. The van der Waals surface area contributed by atoms with E-state index in [0.717, 1.165) is 5.56 Å². The normalized spacial score (nSPS) is 16.9. The molecule has 0 spiro atoms. The Labute approximate surface area is 126 Å². The van der Waals surface area contributed by atoms with E-state index in [1.165, 1.54) is 0 Å². The predicted molar refractivity (Wildman–Crippen MR) is 82.6 cm³/mol. The Kier molecular flexibility index (Phi) is 4.66. The maximum absolute atomic E-state index is 12.5. The van der Waals surface area contributed by atoms with E-state index in [0.29, 0.717) is 25.9 Å². The molecule has 4 heteroatoms. The SMILES string of the molecule is CCN(CC)C(=O)C1(C(=O)NC(C)c2ccccc2)CC1. The molecule has 0 bridgehead atoms. The van der Waals surface area contributed by atoms with Gasteiger partial charge in [-0.05, 0) is 39.2 Å². The molecule has 1 saturated carbocycles. The van der Waals surface area contributed by atoms with E-state index in [1.807, 2.05) is 51.1 Å². The third kappa shape index (κ3) is 3.09. The third-order valence-corrected chi connectivity index (χ3v) is 4.29. The average molecular weight is 288 g/mol. The molecule has 1 unspecified atom stereocenters. The summed E-state index contributed by atoms with van der Waals surface area (Å²) in [5.41, 5.74) is 0.242. The highest BCUT2D eigenvalue weighted by molar-refractivity contribution is 6.07. The van der Waals surface area contributed by atoms with Gasteiger partial charge in [0.1, 0.15) is 5.41 Å². The summed E-state index contributed by atoms with van der Waals surface area (Å²) in [6, 6.07) is 9.73. The van der Waals surface area contributed by atoms with Crippen molar-refractivity contribution in [1.29, 1.82) is 0 Å². The lowest BCUT2D eigenvalue weighted by Gasteiger charge is -2.25. The molecule has 0 saturated heterocycles. The standard InChI is InChI=1S/C17H24N2O2/c1-4-19(5-2)16(21)17(11-12-17)15(20)18-13(3)14-9-7-6-8-10-14/h6-10,13H,4-5,11-12H2,1-3H3,(H,18,20). The summed E-state index contributed by atoms with van der Waals surface area (Å²) in [6.07, 6.45) is 1.32. The number of nitrogens with one attached hydrogen (secondary N) is 1. The first kappa shape index (κ1) is 15.5. The Bertz CT molecular complexity index is 505. The largest absolute Gasteiger partial charge is 0.349 e. The molecule has 1 N–H and O–H groups in total. The van der Waals surface area contributed by atoms with Crippen molar-refractivity contribution in [2.75, 3.05) is 13.1 Å². The molecule has 114 valence electrons. The van der Waals surface area contributed by atoms with Crippen LogP contribution in [0.1, 0.15) is 45.2 Å². The van der Waals surface area contributed by atoms with Crippen LogP contribution in [0.3, 0.4) is 0 Å². The lowest BCUT2D eigenvalue weighted by atomic mass is 10.0. The monoisotopic (exact) mass is 288 g/mol. The van der Waals surface area contributed by atoms with Gasteiger partial charge >= 0.3 is 0 Å². The third-order valence-electron chi connectivity index (χ3n) is 4.29. The molecule has 1 aromatic rings. The number of nitrogens with zero attached hydrogens (tertiary/aromatic N) is 1. The molecular formula is C17H24N2O2. The number of benzene rings is 1. The van der Waals surface area contributed by atoms with Crippen molar-refractivity contribution in [2.24, 2.45) is 5.41 Å². The van der Waals surface area contributed by atoms with Crippen LogP contribution in [0.15, 0.2) is 30.3 Å². The number of rotatable bonds is 6. The zero-order valence-electron chi connectivity index (χ0n) is 13.1. The van der Waals surface area contributed by atoms with Crippen LogP contribution >= 0.6 is 0 Å². The first-order chi connectivity index (χ1) is 10.0. The zero-order valence-corrected chi connectivity index (χ0v) is 13.1. The second-order valence-electron chi connectivity index (χ2n) is 5.67. The summed E-state index contributed by atoms with van der Waals surface area (Å²) < 4.78 is 0. The first-order valence-corrected chi connectivity index (χ1v) is 7.70. The Morgan fingerprint density at radius 1 is 1.19 bits per heavy atom. The van der Waals surface area contributed by atoms with Gasteiger partial charge in [0.25, 0.3) is 0 Å². The molecule has 0 aromatic heterocycles. The minimum absolute atomic E-state index is 0.0229. The van der Waals surface area contributed by atoms with Crippen molar-refractivity contribution in [2.45, 2.75) is 39.7 Å². The summed E-state index contributed by atoms with van der Waals surface area (Å²) >= 11 is 0. The van der Waals surface area contributed by atoms with Crippen molar-refractivity contribution >= 4 is 11.8 Å². The highest BCUT2D eigenvalue weighted by Gasteiger charge is 2.57. The predicted octanol–water partition coefficient (Wildman–Crippen LogP) is 2.51. The van der Waals surface area contributed by atoms with Gasteiger partial charge in [0, 0.05) is 13.1 Å². The van der Waals surface area contributed by atoms with E-state index in [2.05, 4.69) is 5.32 Å². The summed E-state index contributed by atoms with van der Waals surface area (Å²) in [6.45, 7) is 7.15. The summed E-state index contributed by atoms with van der Waals surface area (Å²) in [4.78, 5) is 26.8. The molecule has 1 fully saturated rings. The summed E-state index contributed by atoms with van der Waals surface area (Å²) in [5, 5.41) is 3.00. The molecule has 21 heavy (non-hydrogen) atoms. The van der Waals surface area contributed by atoms with Crippen LogP contribution in [0.2, 0.25) is 0 Å². The number of hydrogen-bond acceptors (Lipinski definition) is 2. The highest BCUT2D eigenvalue weighted by atomic mass is 16.2. The van der Waals surface area contributed by atoms with Crippen LogP contribution in [-0.2, 0) is 9.59 Å². The molecule has 0 aliphatic heterocycles. The average Bonchev–Trinajstić information content (AvgIpc) is 3.31. The van der Waals surface area contributed by atoms with Gasteiger partial charge in [0.15, 0.2) is 0 Å². The Morgan fingerprint density at radius 3 is 2.24 bits per heavy atom.